The van der Waals surface area contributed by atoms with Crippen molar-refractivity contribution in [3.63, 3.8) is 0 Å². The first-order chi connectivity index (χ1) is 5.20. The van der Waals surface area contributed by atoms with Gasteiger partial charge in [0.15, 0.2) is 5.11 Å². The second-order valence-electron chi connectivity index (χ2n) is 2.13. The van der Waals surface area contributed by atoms with Crippen molar-refractivity contribution in [2.45, 2.75) is 6.54 Å². The van der Waals surface area contributed by atoms with Crippen LogP contribution in [0, 0.1) is 0 Å². The van der Waals surface area contributed by atoms with Crippen LogP contribution in [0.15, 0.2) is 6.33 Å². The summed E-state index contributed by atoms with van der Waals surface area (Å²) in [6.07, 6.45) is 1.45. The number of nitrogens with two attached hydrogens (primary N) is 1. The predicted octanol–water partition coefficient (Wildman–Crippen LogP) is -0.520. The highest BCUT2D eigenvalue weighted by Crippen LogP contribution is 1.92. The Hall–Kier alpha value is -1.17. The van der Waals surface area contributed by atoms with Crippen LogP contribution >= 0.6 is 12.2 Å². The lowest BCUT2D eigenvalue weighted by Crippen LogP contribution is -2.31. The van der Waals surface area contributed by atoms with Gasteiger partial charge >= 0.3 is 0 Å². The van der Waals surface area contributed by atoms with Crippen LogP contribution in [0.1, 0.15) is 5.82 Å². The Morgan fingerprint density at radius 3 is 3.09 bits per heavy atom. The van der Waals surface area contributed by atoms with Gasteiger partial charge in [0.1, 0.15) is 12.2 Å². The van der Waals surface area contributed by atoms with E-state index in [1.54, 1.807) is 11.9 Å². The maximum Gasteiger partial charge on any atom is 0.166 e. The first-order valence-corrected chi connectivity index (χ1v) is 3.46. The highest BCUT2D eigenvalue weighted by atomic mass is 32.1. The summed E-state index contributed by atoms with van der Waals surface area (Å²) in [5.41, 5.74) is 5.35. The number of aromatic nitrogens is 3. The first kappa shape index (κ1) is 7.93. The molecule has 6 heteroatoms. The molecule has 1 rings (SSSR count). The van der Waals surface area contributed by atoms with Crippen molar-refractivity contribution >= 4 is 17.3 Å². The van der Waals surface area contributed by atoms with E-state index in [9.17, 15) is 0 Å². The summed E-state index contributed by atoms with van der Waals surface area (Å²) in [4.78, 5) is 5.62. The molecule has 11 heavy (non-hydrogen) atoms. The van der Waals surface area contributed by atoms with Crippen LogP contribution in [0.2, 0.25) is 0 Å². The van der Waals surface area contributed by atoms with Crippen LogP contribution in [0.4, 0.5) is 0 Å². The summed E-state index contributed by atoms with van der Waals surface area (Å²) < 4.78 is 0. The predicted molar refractivity (Wildman–Crippen MR) is 44.6 cm³/mol. The molecule has 0 unspecified atom stereocenters. The fraction of sp³-hybridized carbons (Fsp3) is 0.400. The van der Waals surface area contributed by atoms with E-state index in [1.807, 2.05) is 0 Å². The average molecular weight is 171 g/mol. The molecule has 0 aliphatic heterocycles. The van der Waals surface area contributed by atoms with Gasteiger partial charge in [-0.2, -0.15) is 5.10 Å². The molecular formula is C5H9N5S. The molecule has 0 aromatic carbocycles. The van der Waals surface area contributed by atoms with Gasteiger partial charge in [0, 0.05) is 7.05 Å². The Labute approximate surface area is 69.6 Å². The Morgan fingerprint density at radius 2 is 2.64 bits per heavy atom. The largest absolute Gasteiger partial charge is 0.376 e. The van der Waals surface area contributed by atoms with E-state index in [0.717, 1.165) is 5.82 Å². The standard InChI is InChI=1S/C5H9N5S/c1-10(5(6)11)2-4-7-3-8-9-4/h3H,2H2,1H3,(H2,6,11)(H,7,8,9). The molecule has 0 bridgehead atoms. The molecule has 0 aliphatic carbocycles. The lowest BCUT2D eigenvalue weighted by Gasteiger charge is -2.13. The number of nitrogens with one attached hydrogen (secondary N) is 1. The average Bonchev–Trinajstić information content (AvgIpc) is 2.39. The molecule has 0 saturated carbocycles. The molecule has 1 heterocycles. The summed E-state index contributed by atoms with van der Waals surface area (Å²) in [6, 6.07) is 0. The minimum absolute atomic E-state index is 0.349. The Balaban J connectivity index is 2.50. The van der Waals surface area contributed by atoms with Gasteiger partial charge in [-0.05, 0) is 12.2 Å². The fourth-order valence-electron chi connectivity index (χ4n) is 0.610. The maximum atomic E-state index is 5.35. The molecule has 0 amide bonds. The second-order valence-corrected chi connectivity index (χ2v) is 2.54. The van der Waals surface area contributed by atoms with Gasteiger partial charge in [-0.15, -0.1) is 0 Å². The summed E-state index contributed by atoms with van der Waals surface area (Å²) >= 11 is 4.73. The number of aromatic amines is 1. The monoisotopic (exact) mass is 171 g/mol. The van der Waals surface area contributed by atoms with E-state index in [1.165, 1.54) is 6.33 Å². The molecule has 3 N–H and O–H groups in total. The van der Waals surface area contributed by atoms with Crippen LogP contribution in [0.3, 0.4) is 0 Å². The van der Waals surface area contributed by atoms with E-state index in [2.05, 4.69) is 15.2 Å². The molecule has 1 aromatic heterocycles. The van der Waals surface area contributed by atoms with Crippen LogP contribution in [-0.4, -0.2) is 32.2 Å². The molecule has 1 aromatic rings. The van der Waals surface area contributed by atoms with Gasteiger partial charge in [0.2, 0.25) is 0 Å². The molecule has 60 valence electrons. The van der Waals surface area contributed by atoms with Gasteiger partial charge in [0.25, 0.3) is 0 Å². The van der Waals surface area contributed by atoms with Crippen molar-refractivity contribution in [2.75, 3.05) is 7.05 Å². The van der Waals surface area contributed by atoms with Crippen LogP contribution in [-0.2, 0) is 6.54 Å². The van der Waals surface area contributed by atoms with E-state index in [0.29, 0.717) is 11.7 Å². The van der Waals surface area contributed by atoms with Crippen LogP contribution in [0.5, 0.6) is 0 Å². The fourth-order valence-corrected chi connectivity index (χ4v) is 0.674. The second kappa shape index (κ2) is 3.29. The normalized spacial score (nSPS) is 9.55. The summed E-state index contributed by atoms with van der Waals surface area (Å²) in [5.74, 6) is 0.750. The molecule has 0 spiro atoms. The van der Waals surface area contributed by atoms with E-state index in [-0.39, 0.29) is 0 Å². The summed E-state index contributed by atoms with van der Waals surface area (Å²) in [5, 5.41) is 6.74. The maximum absolute atomic E-state index is 5.35. The third kappa shape index (κ3) is 2.15. The summed E-state index contributed by atoms with van der Waals surface area (Å²) in [6.45, 7) is 0.565. The smallest absolute Gasteiger partial charge is 0.166 e. The molecule has 0 fully saturated rings. The molecule has 0 atom stereocenters. The van der Waals surface area contributed by atoms with Crippen LogP contribution < -0.4 is 5.73 Å². The molecule has 0 radical (unpaired) electrons. The van der Waals surface area contributed by atoms with Crippen molar-refractivity contribution in [3.8, 4) is 0 Å². The minimum atomic E-state index is 0.349. The SMILES string of the molecule is CN(Cc1ncn[nH]1)C(N)=S. The number of nitrogens with zero attached hydrogens (tertiary/aromatic N) is 3. The molecule has 0 aliphatic rings. The van der Waals surface area contributed by atoms with Gasteiger partial charge in [-0.3, -0.25) is 5.10 Å². The van der Waals surface area contributed by atoms with E-state index < -0.39 is 0 Å². The number of hydrogen-bond acceptors (Lipinski definition) is 3. The lowest BCUT2D eigenvalue weighted by molar-refractivity contribution is 0.488. The van der Waals surface area contributed by atoms with Gasteiger partial charge in [-0.25, -0.2) is 4.98 Å². The van der Waals surface area contributed by atoms with Crippen molar-refractivity contribution in [1.82, 2.24) is 20.1 Å². The number of thiocarbonyl (C=S) groups is 1. The third-order valence-corrected chi connectivity index (χ3v) is 1.54. The zero-order chi connectivity index (χ0) is 8.27. The minimum Gasteiger partial charge on any atom is -0.376 e. The third-order valence-electron chi connectivity index (χ3n) is 1.23. The lowest BCUT2D eigenvalue weighted by atomic mass is 10.5. The van der Waals surface area contributed by atoms with Crippen molar-refractivity contribution in [1.29, 1.82) is 0 Å². The van der Waals surface area contributed by atoms with Crippen molar-refractivity contribution < 1.29 is 0 Å². The van der Waals surface area contributed by atoms with Crippen molar-refractivity contribution in [2.24, 2.45) is 5.73 Å². The topological polar surface area (TPSA) is 70.8 Å². The summed E-state index contributed by atoms with van der Waals surface area (Å²) in [7, 11) is 1.80. The molecule has 5 nitrogen and oxygen atoms in total. The van der Waals surface area contributed by atoms with Crippen molar-refractivity contribution in [3.05, 3.63) is 12.2 Å². The van der Waals surface area contributed by atoms with E-state index >= 15 is 0 Å². The zero-order valence-electron chi connectivity index (χ0n) is 6.11. The highest BCUT2D eigenvalue weighted by molar-refractivity contribution is 7.80. The van der Waals surface area contributed by atoms with Gasteiger partial charge in [0.05, 0.1) is 6.54 Å². The zero-order valence-corrected chi connectivity index (χ0v) is 6.93. The quantitative estimate of drug-likeness (QED) is 0.586. The van der Waals surface area contributed by atoms with Crippen LogP contribution in [0.25, 0.3) is 0 Å². The Morgan fingerprint density at radius 1 is 1.91 bits per heavy atom. The highest BCUT2D eigenvalue weighted by Gasteiger charge is 2.01. The molecule has 0 saturated heterocycles. The number of rotatable bonds is 2. The Bertz CT molecular complexity index is 231. The van der Waals surface area contributed by atoms with Gasteiger partial charge in [-0.1, -0.05) is 0 Å². The van der Waals surface area contributed by atoms with E-state index in [4.69, 9.17) is 18.0 Å². The Kier molecular flexibility index (Phi) is 2.37. The van der Waals surface area contributed by atoms with Gasteiger partial charge < -0.3 is 10.6 Å². The number of H-pyrrole nitrogens is 1. The number of hydrogen-bond donors (Lipinski definition) is 2. The first-order valence-electron chi connectivity index (χ1n) is 3.05. The molecular weight excluding hydrogens is 162 g/mol.